The quantitative estimate of drug-likeness (QED) is 0.521. The molecule has 0 saturated carbocycles. The van der Waals surface area contributed by atoms with E-state index in [1.54, 1.807) is 0 Å². The van der Waals surface area contributed by atoms with Crippen molar-refractivity contribution in [3.05, 3.63) is 12.1 Å². The number of rotatable bonds is 4. The molecule has 0 aromatic carbocycles. The molecule has 0 aromatic heterocycles. The van der Waals surface area contributed by atoms with Crippen molar-refractivity contribution in [3.63, 3.8) is 0 Å². The van der Waals surface area contributed by atoms with Crippen LogP contribution in [0.15, 0.2) is 12.1 Å². The maximum atomic E-state index is 4.03. The van der Waals surface area contributed by atoms with Crippen molar-refractivity contribution < 1.29 is 0 Å². The second-order valence-corrected chi connectivity index (χ2v) is 3.75. The van der Waals surface area contributed by atoms with Crippen molar-refractivity contribution >= 4 is 13.4 Å². The summed E-state index contributed by atoms with van der Waals surface area (Å²) in [5.74, 6) is 0. The fraction of sp³-hybridized carbons (Fsp3) is 0.750. The first-order valence-corrected chi connectivity index (χ1v) is 4.21. The molecule has 0 fully saturated rings. The predicted molar refractivity (Wildman–Crippen MR) is 53.5 cm³/mol. The summed E-state index contributed by atoms with van der Waals surface area (Å²) in [5, 5.41) is 0. The molecule has 0 aromatic rings. The van der Waals surface area contributed by atoms with Gasteiger partial charge >= 0.3 is 0 Å². The van der Waals surface area contributed by atoms with Crippen LogP contribution >= 0.6 is 0 Å². The van der Waals surface area contributed by atoms with Crippen molar-refractivity contribution in [3.8, 4) is 0 Å². The van der Waals surface area contributed by atoms with Gasteiger partial charge in [-0.2, -0.15) is 0 Å². The Bertz CT molecular complexity index is 106. The van der Waals surface area contributed by atoms with Gasteiger partial charge < -0.3 is 0 Å². The summed E-state index contributed by atoms with van der Waals surface area (Å²) in [5.41, 5.74) is 1.40. The van der Waals surface area contributed by atoms with Gasteiger partial charge in [-0.05, 0) is 6.42 Å². The van der Waals surface area contributed by atoms with Crippen LogP contribution in [0.25, 0.3) is 0 Å². The van der Waals surface area contributed by atoms with Crippen molar-refractivity contribution in [1.82, 2.24) is 0 Å². The summed E-state index contributed by atoms with van der Waals surface area (Å²) in [4.78, 5) is 0. The monoisotopic (exact) mass is 136 g/mol. The maximum Gasteiger partial charge on any atom is 0.163 e. The van der Waals surface area contributed by atoms with Crippen LogP contribution in [-0.4, -0.2) is 13.4 Å². The molecule has 0 aliphatic heterocycles. The fourth-order valence-corrected chi connectivity index (χ4v) is 0.763. The normalized spacial score (nSPS) is 9.20. The van der Waals surface area contributed by atoms with E-state index in [1.165, 1.54) is 18.2 Å². The zero-order chi connectivity index (χ0) is 8.15. The van der Waals surface area contributed by atoms with Crippen molar-refractivity contribution in [1.29, 1.82) is 0 Å². The number of hydrogen-bond donors (Lipinski definition) is 0. The minimum absolute atomic E-state index is 0.666. The van der Waals surface area contributed by atoms with E-state index in [4.69, 9.17) is 0 Å². The van der Waals surface area contributed by atoms with E-state index in [0.717, 1.165) is 6.71 Å². The van der Waals surface area contributed by atoms with E-state index in [9.17, 15) is 0 Å². The first-order chi connectivity index (χ1) is 4.54. The van der Waals surface area contributed by atoms with Gasteiger partial charge in [-0.25, -0.2) is 0 Å². The molecule has 0 spiro atoms. The predicted octanol–water partition coefficient (Wildman–Crippen LogP) is 2.98. The van der Waals surface area contributed by atoms with Gasteiger partial charge in [-0.15, -0.1) is 12.1 Å². The van der Waals surface area contributed by atoms with Crippen molar-refractivity contribution in [2.24, 2.45) is 0 Å². The Morgan fingerprint density at radius 3 is 2.00 bits per heavy atom. The first kappa shape index (κ1) is 9.87. The molecule has 0 saturated heterocycles. The Balaban J connectivity index is 3.40. The van der Waals surface area contributed by atoms with Gasteiger partial charge in [0.15, 0.2) is 6.71 Å². The molecule has 0 radical (unpaired) electrons. The lowest BCUT2D eigenvalue weighted by Gasteiger charge is -2.06. The average Bonchev–Trinajstić information content (AvgIpc) is 1.82. The zero-order valence-electron chi connectivity index (χ0n) is 7.78. The molecular weight excluding hydrogens is 118 g/mol. The lowest BCUT2D eigenvalue weighted by Crippen LogP contribution is -2.07. The molecule has 10 heavy (non-hydrogen) atoms. The molecule has 0 amide bonds. The summed E-state index contributed by atoms with van der Waals surface area (Å²) in [6.45, 7) is 14.4. The summed E-state index contributed by atoms with van der Waals surface area (Å²) >= 11 is 0. The number of hydrogen-bond acceptors (Lipinski definition) is 0. The molecule has 0 N–H and O–H groups in total. The smallest absolute Gasteiger partial charge is 0.109 e. The van der Waals surface area contributed by atoms with E-state index < -0.39 is 0 Å². The Hall–Kier alpha value is -0.130. The molecule has 0 aliphatic rings. The fourth-order valence-electron chi connectivity index (χ4n) is 0.763. The third-order valence-electron chi connectivity index (χ3n) is 1.86. The minimum Gasteiger partial charge on any atom is -0.109 e. The molecule has 0 atom stereocenters. The van der Waals surface area contributed by atoms with Gasteiger partial charge in [0.05, 0.1) is 0 Å². The van der Waals surface area contributed by atoms with Crippen LogP contribution in [0, 0.1) is 0 Å². The van der Waals surface area contributed by atoms with Gasteiger partial charge in [0.1, 0.15) is 6.71 Å². The van der Waals surface area contributed by atoms with Gasteiger partial charge in [0.2, 0.25) is 0 Å². The third-order valence-corrected chi connectivity index (χ3v) is 1.86. The second-order valence-electron chi connectivity index (χ2n) is 3.75. The Kier molecular flexibility index (Phi) is 4.59. The molecular formula is C8H18B2. The standard InChI is InChI=1S/C8H18B2/c1-8(10(4)5)6-7-9(2)3/h1,6-7H2,2-5H3. The highest BCUT2D eigenvalue weighted by atomic mass is 13.8. The molecule has 0 heterocycles. The van der Waals surface area contributed by atoms with Crippen molar-refractivity contribution in [2.45, 2.75) is 40.0 Å². The minimum atomic E-state index is 0.666. The van der Waals surface area contributed by atoms with Crippen LogP contribution < -0.4 is 0 Å². The Morgan fingerprint density at radius 1 is 1.20 bits per heavy atom. The van der Waals surface area contributed by atoms with Crippen LogP contribution in [0.2, 0.25) is 33.6 Å². The largest absolute Gasteiger partial charge is 0.163 e. The van der Waals surface area contributed by atoms with Crippen LogP contribution in [-0.2, 0) is 0 Å². The molecule has 2 heteroatoms. The maximum absolute atomic E-state index is 4.03. The topological polar surface area (TPSA) is 0 Å². The number of allylic oxidation sites excluding steroid dienone is 1. The highest BCUT2D eigenvalue weighted by molar-refractivity contribution is 6.64. The van der Waals surface area contributed by atoms with Crippen LogP contribution in [0.3, 0.4) is 0 Å². The van der Waals surface area contributed by atoms with E-state index in [2.05, 4.69) is 33.9 Å². The lowest BCUT2D eigenvalue weighted by molar-refractivity contribution is 1.15. The summed E-state index contributed by atoms with van der Waals surface area (Å²) in [6, 6.07) is 0. The third kappa shape index (κ3) is 4.72. The highest BCUT2D eigenvalue weighted by Crippen LogP contribution is 2.08. The SMILES string of the molecule is C=C(CCB(C)C)B(C)C. The van der Waals surface area contributed by atoms with Gasteiger partial charge in [-0.1, -0.05) is 33.6 Å². The molecule has 56 valence electrons. The molecule has 0 nitrogen and oxygen atoms in total. The van der Waals surface area contributed by atoms with Crippen molar-refractivity contribution in [2.75, 3.05) is 0 Å². The van der Waals surface area contributed by atoms with E-state index >= 15 is 0 Å². The highest BCUT2D eigenvalue weighted by Gasteiger charge is 2.05. The Morgan fingerprint density at radius 2 is 1.70 bits per heavy atom. The van der Waals surface area contributed by atoms with Crippen LogP contribution in [0.5, 0.6) is 0 Å². The molecule has 0 rings (SSSR count). The summed E-state index contributed by atoms with van der Waals surface area (Å²) in [7, 11) is 0. The van der Waals surface area contributed by atoms with Gasteiger partial charge in [0, 0.05) is 0 Å². The molecule has 0 unspecified atom stereocenters. The first-order valence-electron chi connectivity index (χ1n) is 4.21. The Labute approximate surface area is 66.2 Å². The van der Waals surface area contributed by atoms with Gasteiger partial charge in [0.25, 0.3) is 0 Å². The summed E-state index contributed by atoms with van der Waals surface area (Å²) in [6.07, 6.45) is 2.49. The average molecular weight is 136 g/mol. The molecule has 0 aliphatic carbocycles. The summed E-state index contributed by atoms with van der Waals surface area (Å²) < 4.78 is 0. The van der Waals surface area contributed by atoms with E-state index in [-0.39, 0.29) is 0 Å². The van der Waals surface area contributed by atoms with Crippen LogP contribution in [0.4, 0.5) is 0 Å². The van der Waals surface area contributed by atoms with E-state index in [0.29, 0.717) is 6.71 Å². The van der Waals surface area contributed by atoms with Gasteiger partial charge in [-0.3, -0.25) is 0 Å². The van der Waals surface area contributed by atoms with E-state index in [1.807, 2.05) is 0 Å². The zero-order valence-corrected chi connectivity index (χ0v) is 7.78. The lowest BCUT2D eigenvalue weighted by atomic mass is 9.44. The molecule has 0 bridgehead atoms. The van der Waals surface area contributed by atoms with Crippen LogP contribution in [0.1, 0.15) is 6.42 Å². The second kappa shape index (κ2) is 4.65.